The smallest absolute Gasteiger partial charge is 0.130 e. The molecule has 1 N–H and O–H groups in total. The van der Waals surface area contributed by atoms with Crippen LogP contribution in [0.4, 0.5) is 0 Å². The third kappa shape index (κ3) is 3.56. The first-order valence-electron chi connectivity index (χ1n) is 7.94. The van der Waals surface area contributed by atoms with Gasteiger partial charge >= 0.3 is 0 Å². The normalized spacial score (nSPS) is 24.9. The lowest BCUT2D eigenvalue weighted by atomic mass is 9.77. The zero-order valence-corrected chi connectivity index (χ0v) is 14.0. The predicted octanol–water partition coefficient (Wildman–Crippen LogP) is 3.73. The number of hydrogen-bond acceptors (Lipinski definition) is 2. The van der Waals surface area contributed by atoms with Crippen LogP contribution < -0.4 is 5.32 Å². The second kappa shape index (κ2) is 6.95. The molecule has 1 atom stereocenters. The Morgan fingerprint density at radius 1 is 1.35 bits per heavy atom. The lowest BCUT2D eigenvalue weighted by molar-refractivity contribution is 0.230. The second-order valence-corrected chi connectivity index (χ2v) is 6.72. The third-order valence-corrected chi connectivity index (χ3v) is 5.26. The lowest BCUT2D eigenvalue weighted by Crippen LogP contribution is -2.39. The van der Waals surface area contributed by atoms with Gasteiger partial charge in [-0.15, -0.1) is 0 Å². The minimum Gasteiger partial charge on any atom is -0.314 e. The molecule has 1 aliphatic rings. The largest absolute Gasteiger partial charge is 0.314 e. The van der Waals surface area contributed by atoms with Crippen molar-refractivity contribution in [3.63, 3.8) is 0 Å². The fourth-order valence-corrected chi connectivity index (χ4v) is 3.73. The van der Waals surface area contributed by atoms with Crippen molar-refractivity contribution in [1.82, 2.24) is 15.1 Å². The van der Waals surface area contributed by atoms with Crippen molar-refractivity contribution < 1.29 is 0 Å². The molecule has 1 aromatic rings. The molecule has 0 bridgehead atoms. The molecule has 0 saturated heterocycles. The van der Waals surface area contributed by atoms with E-state index >= 15 is 0 Å². The molecule has 2 rings (SSSR count). The Bertz CT molecular complexity index is 433. The van der Waals surface area contributed by atoms with Crippen molar-refractivity contribution >= 4 is 11.6 Å². The Kier molecular flexibility index (Phi) is 5.50. The van der Waals surface area contributed by atoms with Gasteiger partial charge < -0.3 is 5.32 Å². The van der Waals surface area contributed by atoms with Crippen molar-refractivity contribution in [2.24, 2.45) is 18.9 Å². The quantitative estimate of drug-likeness (QED) is 0.897. The number of hydrogen-bond donors (Lipinski definition) is 1. The van der Waals surface area contributed by atoms with Gasteiger partial charge in [0, 0.05) is 18.7 Å². The predicted molar refractivity (Wildman–Crippen MR) is 85.2 cm³/mol. The summed E-state index contributed by atoms with van der Waals surface area (Å²) < 4.78 is 1.79. The van der Waals surface area contributed by atoms with E-state index in [-0.39, 0.29) is 0 Å². The van der Waals surface area contributed by atoms with E-state index in [4.69, 9.17) is 11.6 Å². The zero-order valence-electron chi connectivity index (χ0n) is 13.2. The van der Waals surface area contributed by atoms with Crippen LogP contribution in [0.2, 0.25) is 5.15 Å². The minimum absolute atomic E-state index is 0.535. The summed E-state index contributed by atoms with van der Waals surface area (Å²) in [6, 6.07) is 0.535. The molecule has 20 heavy (non-hydrogen) atoms. The van der Waals surface area contributed by atoms with Gasteiger partial charge in [-0.25, -0.2) is 0 Å². The Labute approximate surface area is 128 Å². The fourth-order valence-electron chi connectivity index (χ4n) is 3.48. The highest BCUT2D eigenvalue weighted by Crippen LogP contribution is 2.32. The highest BCUT2D eigenvalue weighted by molar-refractivity contribution is 6.30. The molecule has 0 amide bonds. The van der Waals surface area contributed by atoms with Crippen LogP contribution in [0.3, 0.4) is 0 Å². The third-order valence-electron chi connectivity index (χ3n) is 4.79. The maximum absolute atomic E-state index is 6.39. The molecule has 0 aromatic carbocycles. The zero-order chi connectivity index (χ0) is 14.7. The number of halogens is 1. The van der Waals surface area contributed by atoms with Crippen LogP contribution in [0.5, 0.6) is 0 Å². The molecule has 114 valence electrons. The number of aryl methyl sites for hydroxylation is 2. The molecule has 1 heterocycles. The maximum Gasteiger partial charge on any atom is 0.130 e. The van der Waals surface area contributed by atoms with Gasteiger partial charge in [-0.3, -0.25) is 4.68 Å². The average molecular weight is 298 g/mol. The van der Waals surface area contributed by atoms with Crippen LogP contribution in [0.25, 0.3) is 0 Å². The minimum atomic E-state index is 0.535. The summed E-state index contributed by atoms with van der Waals surface area (Å²) in [7, 11) is 1.92. The van der Waals surface area contributed by atoms with Gasteiger partial charge in [0.2, 0.25) is 0 Å². The van der Waals surface area contributed by atoms with Crippen molar-refractivity contribution in [2.75, 3.05) is 6.54 Å². The molecular formula is C16H28ClN3. The van der Waals surface area contributed by atoms with Crippen molar-refractivity contribution in [1.29, 1.82) is 0 Å². The molecule has 1 saturated carbocycles. The average Bonchev–Trinajstić information content (AvgIpc) is 2.65. The number of rotatable bonds is 5. The molecule has 0 spiro atoms. The molecule has 1 fully saturated rings. The van der Waals surface area contributed by atoms with E-state index < -0.39 is 0 Å². The highest BCUT2D eigenvalue weighted by Gasteiger charge is 2.27. The van der Waals surface area contributed by atoms with Gasteiger partial charge in [0.05, 0.1) is 5.69 Å². The summed E-state index contributed by atoms with van der Waals surface area (Å²) >= 11 is 6.39. The first-order chi connectivity index (χ1) is 9.52. The Morgan fingerprint density at radius 3 is 2.50 bits per heavy atom. The SMILES string of the molecule is CCNC(Cc1c(C)nn(C)c1Cl)C1CCC(C)CC1. The fraction of sp³-hybridized carbons (Fsp3) is 0.812. The Morgan fingerprint density at radius 2 is 2.00 bits per heavy atom. The van der Waals surface area contributed by atoms with Crippen LogP contribution >= 0.6 is 11.6 Å². The molecule has 0 aliphatic heterocycles. The Hall–Kier alpha value is -0.540. The Balaban J connectivity index is 2.09. The van der Waals surface area contributed by atoms with Crippen LogP contribution in [0, 0.1) is 18.8 Å². The topological polar surface area (TPSA) is 29.9 Å². The van der Waals surface area contributed by atoms with E-state index in [1.165, 1.54) is 31.2 Å². The van der Waals surface area contributed by atoms with Crippen molar-refractivity contribution in [3.05, 3.63) is 16.4 Å². The van der Waals surface area contributed by atoms with Gasteiger partial charge in [0.15, 0.2) is 0 Å². The molecule has 1 aromatic heterocycles. The van der Waals surface area contributed by atoms with Crippen molar-refractivity contribution in [3.8, 4) is 0 Å². The maximum atomic E-state index is 6.39. The van der Waals surface area contributed by atoms with Crippen LogP contribution in [0.1, 0.15) is 50.8 Å². The first kappa shape index (κ1) is 15.8. The number of nitrogens with zero attached hydrogens (tertiary/aromatic N) is 2. The summed E-state index contributed by atoms with van der Waals surface area (Å²) in [5.74, 6) is 1.68. The standard InChI is InChI=1S/C16H28ClN3/c1-5-18-15(13-8-6-11(2)7-9-13)10-14-12(3)19-20(4)16(14)17/h11,13,15,18H,5-10H2,1-4H3. The van der Waals surface area contributed by atoms with Crippen LogP contribution in [0.15, 0.2) is 0 Å². The van der Waals surface area contributed by atoms with Gasteiger partial charge in [0.1, 0.15) is 5.15 Å². The van der Waals surface area contributed by atoms with Gasteiger partial charge in [-0.05, 0) is 44.6 Å². The summed E-state index contributed by atoms with van der Waals surface area (Å²) in [6.45, 7) is 7.65. The van der Waals surface area contributed by atoms with E-state index in [2.05, 4.69) is 31.2 Å². The molecule has 4 heteroatoms. The first-order valence-corrected chi connectivity index (χ1v) is 8.32. The summed E-state index contributed by atoms with van der Waals surface area (Å²) in [4.78, 5) is 0. The highest BCUT2D eigenvalue weighted by atomic mass is 35.5. The van der Waals surface area contributed by atoms with E-state index in [0.717, 1.165) is 35.6 Å². The molecular weight excluding hydrogens is 270 g/mol. The summed E-state index contributed by atoms with van der Waals surface area (Å²) in [6.07, 6.45) is 6.43. The summed E-state index contributed by atoms with van der Waals surface area (Å²) in [5, 5.41) is 8.92. The van der Waals surface area contributed by atoms with Gasteiger partial charge in [-0.2, -0.15) is 5.10 Å². The van der Waals surface area contributed by atoms with Gasteiger partial charge in [0.25, 0.3) is 0 Å². The van der Waals surface area contributed by atoms with Gasteiger partial charge in [-0.1, -0.05) is 38.3 Å². The number of likely N-dealkylation sites (N-methyl/N-ethyl adjacent to an activating group) is 1. The van der Waals surface area contributed by atoms with E-state index in [1.807, 2.05) is 7.05 Å². The molecule has 0 radical (unpaired) electrons. The monoisotopic (exact) mass is 297 g/mol. The number of aromatic nitrogens is 2. The van der Waals surface area contributed by atoms with Crippen LogP contribution in [-0.4, -0.2) is 22.4 Å². The van der Waals surface area contributed by atoms with E-state index in [1.54, 1.807) is 4.68 Å². The molecule has 1 aliphatic carbocycles. The van der Waals surface area contributed by atoms with Crippen LogP contribution in [-0.2, 0) is 13.5 Å². The van der Waals surface area contributed by atoms with E-state index in [9.17, 15) is 0 Å². The molecule has 1 unspecified atom stereocenters. The number of nitrogens with one attached hydrogen (secondary N) is 1. The van der Waals surface area contributed by atoms with Crippen molar-refractivity contribution in [2.45, 2.75) is 58.9 Å². The second-order valence-electron chi connectivity index (χ2n) is 6.37. The van der Waals surface area contributed by atoms with E-state index in [0.29, 0.717) is 6.04 Å². The molecule has 3 nitrogen and oxygen atoms in total. The summed E-state index contributed by atoms with van der Waals surface area (Å²) in [5.41, 5.74) is 2.29. The lowest BCUT2D eigenvalue weighted by Gasteiger charge is -2.33.